The van der Waals surface area contributed by atoms with Crippen molar-refractivity contribution in [3.8, 4) is 5.75 Å². The molecular formula is C9H11O6P. The number of rotatable bonds is 5. The van der Waals surface area contributed by atoms with E-state index in [9.17, 15) is 14.5 Å². The van der Waals surface area contributed by atoms with Gasteiger partial charge in [0.15, 0.2) is 6.29 Å². The Morgan fingerprint density at radius 2 is 2.06 bits per heavy atom. The van der Waals surface area contributed by atoms with Crippen LogP contribution in [-0.4, -0.2) is 27.8 Å². The van der Waals surface area contributed by atoms with E-state index in [-0.39, 0.29) is 24.3 Å². The monoisotopic (exact) mass is 246 g/mol. The summed E-state index contributed by atoms with van der Waals surface area (Å²) in [4.78, 5) is 27.2. The minimum absolute atomic E-state index is 0.163. The number of aldehydes is 1. The first-order chi connectivity index (χ1) is 7.42. The second-order valence-corrected chi connectivity index (χ2v) is 4.32. The third kappa shape index (κ3) is 4.12. The Morgan fingerprint density at radius 3 is 2.56 bits per heavy atom. The molecule has 0 aromatic heterocycles. The van der Waals surface area contributed by atoms with Crippen molar-refractivity contribution in [3.05, 3.63) is 29.3 Å². The van der Waals surface area contributed by atoms with Gasteiger partial charge in [-0.2, -0.15) is 0 Å². The number of benzene rings is 1. The zero-order valence-corrected chi connectivity index (χ0v) is 9.13. The number of phosphoric acid groups is 1. The van der Waals surface area contributed by atoms with E-state index in [2.05, 4.69) is 4.52 Å². The quantitative estimate of drug-likeness (QED) is 0.525. The van der Waals surface area contributed by atoms with Crippen molar-refractivity contribution in [2.45, 2.75) is 6.42 Å². The number of phosphoric ester groups is 1. The average molecular weight is 246 g/mol. The smallest absolute Gasteiger partial charge is 0.469 e. The third-order valence-electron chi connectivity index (χ3n) is 1.87. The summed E-state index contributed by atoms with van der Waals surface area (Å²) >= 11 is 0. The normalized spacial score (nSPS) is 11.4. The summed E-state index contributed by atoms with van der Waals surface area (Å²) in [7, 11) is -4.45. The van der Waals surface area contributed by atoms with Crippen molar-refractivity contribution in [1.29, 1.82) is 0 Å². The molecule has 88 valence electrons. The van der Waals surface area contributed by atoms with Crippen LogP contribution in [0.2, 0.25) is 0 Å². The van der Waals surface area contributed by atoms with Gasteiger partial charge >= 0.3 is 7.82 Å². The molecular weight excluding hydrogens is 235 g/mol. The summed E-state index contributed by atoms with van der Waals surface area (Å²) < 4.78 is 14.6. The zero-order chi connectivity index (χ0) is 12.2. The van der Waals surface area contributed by atoms with Crippen LogP contribution < -0.4 is 0 Å². The number of phenolic OH excluding ortho intramolecular Hbond substituents is 1. The van der Waals surface area contributed by atoms with Gasteiger partial charge < -0.3 is 14.9 Å². The highest BCUT2D eigenvalue weighted by Gasteiger charge is 2.13. The van der Waals surface area contributed by atoms with Crippen molar-refractivity contribution in [2.24, 2.45) is 0 Å². The summed E-state index contributed by atoms with van der Waals surface area (Å²) in [5.41, 5.74) is 0.788. The number of hydrogen-bond donors (Lipinski definition) is 3. The topological polar surface area (TPSA) is 104 Å². The molecule has 0 radical (unpaired) electrons. The molecule has 1 rings (SSSR count). The minimum Gasteiger partial charge on any atom is -0.507 e. The van der Waals surface area contributed by atoms with E-state index < -0.39 is 7.82 Å². The van der Waals surface area contributed by atoms with Crippen LogP contribution in [0.15, 0.2) is 18.2 Å². The maximum atomic E-state index is 10.4. The zero-order valence-electron chi connectivity index (χ0n) is 8.24. The van der Waals surface area contributed by atoms with E-state index in [1.165, 1.54) is 12.1 Å². The number of carbonyl (C=O) groups excluding carboxylic acids is 1. The van der Waals surface area contributed by atoms with Crippen molar-refractivity contribution >= 4 is 14.1 Å². The fraction of sp³-hybridized carbons (Fsp3) is 0.222. The molecule has 0 atom stereocenters. The molecule has 0 amide bonds. The molecule has 0 unspecified atom stereocenters. The lowest BCUT2D eigenvalue weighted by Gasteiger charge is -2.06. The molecule has 0 heterocycles. The fourth-order valence-corrected chi connectivity index (χ4v) is 1.46. The Morgan fingerprint density at radius 1 is 1.38 bits per heavy atom. The third-order valence-corrected chi connectivity index (χ3v) is 2.39. The highest BCUT2D eigenvalue weighted by molar-refractivity contribution is 7.46. The van der Waals surface area contributed by atoms with E-state index in [1.807, 2.05) is 0 Å². The van der Waals surface area contributed by atoms with Gasteiger partial charge in [0.25, 0.3) is 0 Å². The lowest BCUT2D eigenvalue weighted by Crippen LogP contribution is -1.97. The first-order valence-corrected chi connectivity index (χ1v) is 5.92. The number of hydrogen-bond acceptors (Lipinski definition) is 4. The van der Waals surface area contributed by atoms with E-state index in [0.29, 0.717) is 11.8 Å². The van der Waals surface area contributed by atoms with E-state index in [0.717, 1.165) is 0 Å². The van der Waals surface area contributed by atoms with Crippen LogP contribution >= 0.6 is 7.82 Å². The van der Waals surface area contributed by atoms with Crippen LogP contribution in [0.1, 0.15) is 15.9 Å². The summed E-state index contributed by atoms with van der Waals surface area (Å²) in [6, 6.07) is 4.36. The van der Waals surface area contributed by atoms with E-state index >= 15 is 0 Å². The molecule has 0 saturated heterocycles. The molecule has 6 nitrogen and oxygen atoms in total. The van der Waals surface area contributed by atoms with Gasteiger partial charge in [0.1, 0.15) is 5.75 Å². The van der Waals surface area contributed by atoms with Gasteiger partial charge in [-0.05, 0) is 24.1 Å². The molecule has 0 aliphatic heterocycles. The van der Waals surface area contributed by atoms with Gasteiger partial charge in [-0.1, -0.05) is 6.07 Å². The van der Waals surface area contributed by atoms with Crippen LogP contribution in [0.4, 0.5) is 0 Å². The largest absolute Gasteiger partial charge is 0.507 e. The predicted molar refractivity (Wildman–Crippen MR) is 55.2 cm³/mol. The van der Waals surface area contributed by atoms with E-state index in [1.54, 1.807) is 6.07 Å². The molecule has 16 heavy (non-hydrogen) atoms. The van der Waals surface area contributed by atoms with Crippen molar-refractivity contribution < 1.29 is 28.8 Å². The van der Waals surface area contributed by atoms with Gasteiger partial charge in [-0.25, -0.2) is 4.57 Å². The molecule has 0 saturated carbocycles. The first-order valence-electron chi connectivity index (χ1n) is 4.39. The standard InChI is InChI=1S/C9H11O6P/c10-6-8-2-1-7(5-9(8)11)3-4-15-16(12,13)14/h1-2,5-6,11H,3-4H2,(H2,12,13,14). The Bertz CT molecular complexity index is 424. The Balaban J connectivity index is 2.59. The molecule has 3 N–H and O–H groups in total. The SMILES string of the molecule is O=Cc1ccc(CCOP(=O)(O)O)cc1O. The summed E-state index contributed by atoms with van der Waals surface area (Å²) in [6.45, 7) is -0.163. The first kappa shape index (κ1) is 12.9. The highest BCUT2D eigenvalue weighted by atomic mass is 31.2. The van der Waals surface area contributed by atoms with Gasteiger partial charge in [-0.15, -0.1) is 0 Å². The van der Waals surface area contributed by atoms with Crippen LogP contribution in [-0.2, 0) is 15.5 Å². The van der Waals surface area contributed by atoms with Gasteiger partial charge in [0.2, 0.25) is 0 Å². The number of carbonyl (C=O) groups is 1. The minimum atomic E-state index is -4.45. The summed E-state index contributed by atoms with van der Waals surface area (Å²) in [5.74, 6) is -0.163. The fourth-order valence-electron chi connectivity index (χ4n) is 1.13. The van der Waals surface area contributed by atoms with Crippen molar-refractivity contribution in [3.63, 3.8) is 0 Å². The lowest BCUT2D eigenvalue weighted by molar-refractivity contribution is 0.112. The van der Waals surface area contributed by atoms with Gasteiger partial charge in [-0.3, -0.25) is 9.32 Å². The average Bonchev–Trinajstić information content (AvgIpc) is 2.16. The van der Waals surface area contributed by atoms with Crippen LogP contribution in [0.3, 0.4) is 0 Å². The van der Waals surface area contributed by atoms with Crippen molar-refractivity contribution in [1.82, 2.24) is 0 Å². The number of phenols is 1. The second-order valence-electron chi connectivity index (χ2n) is 3.08. The molecule has 0 aliphatic rings. The highest BCUT2D eigenvalue weighted by Crippen LogP contribution is 2.35. The summed E-state index contributed by atoms with van der Waals surface area (Å²) in [6.07, 6.45) is 0.753. The molecule has 0 bridgehead atoms. The molecule has 0 spiro atoms. The van der Waals surface area contributed by atoms with Gasteiger partial charge in [0.05, 0.1) is 12.2 Å². The van der Waals surface area contributed by atoms with Crippen LogP contribution in [0.5, 0.6) is 5.75 Å². The van der Waals surface area contributed by atoms with E-state index in [4.69, 9.17) is 9.79 Å². The summed E-state index contributed by atoms with van der Waals surface area (Å²) in [5, 5.41) is 9.32. The molecule has 0 aliphatic carbocycles. The van der Waals surface area contributed by atoms with Gasteiger partial charge in [0, 0.05) is 0 Å². The molecule has 7 heteroatoms. The molecule has 1 aromatic rings. The maximum absolute atomic E-state index is 10.4. The Hall–Kier alpha value is -1.20. The lowest BCUT2D eigenvalue weighted by atomic mass is 10.1. The van der Waals surface area contributed by atoms with Crippen LogP contribution in [0, 0.1) is 0 Å². The predicted octanol–water partition coefficient (Wildman–Crippen LogP) is 0.856. The second kappa shape index (κ2) is 5.23. The molecule has 0 fully saturated rings. The Kier molecular flexibility index (Phi) is 4.20. The maximum Gasteiger partial charge on any atom is 0.469 e. The number of aromatic hydroxyl groups is 1. The Labute approximate surface area is 91.7 Å². The van der Waals surface area contributed by atoms with Crippen LogP contribution in [0.25, 0.3) is 0 Å². The van der Waals surface area contributed by atoms with Crippen molar-refractivity contribution in [2.75, 3.05) is 6.61 Å². The molecule has 1 aromatic carbocycles.